The van der Waals surface area contributed by atoms with Gasteiger partial charge in [-0.1, -0.05) is 12.1 Å². The summed E-state index contributed by atoms with van der Waals surface area (Å²) in [6.45, 7) is 3.97. The zero-order chi connectivity index (χ0) is 10.4. The molecule has 0 fully saturated rings. The van der Waals surface area contributed by atoms with E-state index < -0.39 is 0 Å². The van der Waals surface area contributed by atoms with Crippen molar-refractivity contribution in [3.8, 4) is 0 Å². The second kappa shape index (κ2) is 2.79. The SMILES string of the molecule is Cc1cccc2c1oc1c(C)ncnc12. The van der Waals surface area contributed by atoms with E-state index in [1.54, 1.807) is 6.33 Å². The van der Waals surface area contributed by atoms with Crippen LogP contribution in [0.15, 0.2) is 28.9 Å². The molecule has 0 unspecified atom stereocenters. The zero-order valence-electron chi connectivity index (χ0n) is 8.61. The topological polar surface area (TPSA) is 38.9 Å². The lowest BCUT2D eigenvalue weighted by Gasteiger charge is -1.91. The van der Waals surface area contributed by atoms with E-state index in [9.17, 15) is 0 Å². The molecule has 3 rings (SSSR count). The summed E-state index contributed by atoms with van der Waals surface area (Å²) in [5.74, 6) is 0. The third kappa shape index (κ3) is 1.06. The number of para-hydroxylation sites is 1. The van der Waals surface area contributed by atoms with E-state index in [0.717, 1.165) is 33.3 Å². The fraction of sp³-hybridized carbons (Fsp3) is 0.167. The van der Waals surface area contributed by atoms with Gasteiger partial charge in [-0.15, -0.1) is 0 Å². The third-order valence-corrected chi connectivity index (χ3v) is 2.65. The second-order valence-electron chi connectivity index (χ2n) is 3.69. The van der Waals surface area contributed by atoms with Crippen LogP contribution in [-0.2, 0) is 0 Å². The van der Waals surface area contributed by atoms with E-state index in [1.807, 2.05) is 32.0 Å². The number of aryl methyl sites for hydroxylation is 2. The number of rotatable bonds is 0. The first kappa shape index (κ1) is 8.41. The molecule has 3 aromatic rings. The van der Waals surface area contributed by atoms with Gasteiger partial charge in [-0.2, -0.15) is 0 Å². The van der Waals surface area contributed by atoms with E-state index in [-0.39, 0.29) is 0 Å². The molecular weight excluding hydrogens is 188 g/mol. The highest BCUT2D eigenvalue weighted by molar-refractivity contribution is 6.03. The lowest BCUT2D eigenvalue weighted by molar-refractivity contribution is 0.658. The first-order valence-corrected chi connectivity index (χ1v) is 4.87. The van der Waals surface area contributed by atoms with Crippen molar-refractivity contribution in [2.45, 2.75) is 13.8 Å². The minimum Gasteiger partial charge on any atom is -0.452 e. The minimum absolute atomic E-state index is 0.793. The van der Waals surface area contributed by atoms with Gasteiger partial charge in [0.15, 0.2) is 5.58 Å². The van der Waals surface area contributed by atoms with Gasteiger partial charge in [-0.3, -0.25) is 0 Å². The van der Waals surface area contributed by atoms with Gasteiger partial charge >= 0.3 is 0 Å². The molecule has 1 aromatic carbocycles. The summed E-state index contributed by atoms with van der Waals surface area (Å²) >= 11 is 0. The highest BCUT2D eigenvalue weighted by Crippen LogP contribution is 2.29. The first-order chi connectivity index (χ1) is 7.27. The maximum Gasteiger partial charge on any atom is 0.175 e. The number of hydrogen-bond acceptors (Lipinski definition) is 3. The van der Waals surface area contributed by atoms with Crippen LogP contribution in [-0.4, -0.2) is 9.97 Å². The molecule has 15 heavy (non-hydrogen) atoms. The fourth-order valence-electron chi connectivity index (χ4n) is 1.85. The molecule has 0 aliphatic carbocycles. The number of hydrogen-bond donors (Lipinski definition) is 0. The largest absolute Gasteiger partial charge is 0.452 e. The van der Waals surface area contributed by atoms with Crippen LogP contribution in [0.5, 0.6) is 0 Å². The minimum atomic E-state index is 0.793. The van der Waals surface area contributed by atoms with Gasteiger partial charge in [0.05, 0.1) is 5.69 Å². The molecule has 2 heterocycles. The highest BCUT2D eigenvalue weighted by Gasteiger charge is 2.11. The van der Waals surface area contributed by atoms with Crippen LogP contribution in [0.2, 0.25) is 0 Å². The Morgan fingerprint density at radius 1 is 1.07 bits per heavy atom. The smallest absolute Gasteiger partial charge is 0.175 e. The zero-order valence-corrected chi connectivity index (χ0v) is 8.61. The third-order valence-electron chi connectivity index (χ3n) is 2.65. The Labute approximate surface area is 86.8 Å². The van der Waals surface area contributed by atoms with Crippen LogP contribution >= 0.6 is 0 Å². The Morgan fingerprint density at radius 2 is 1.93 bits per heavy atom. The molecule has 0 saturated heterocycles. The molecule has 0 aliphatic rings. The molecule has 3 heteroatoms. The first-order valence-electron chi connectivity index (χ1n) is 4.87. The molecule has 0 spiro atoms. The Kier molecular flexibility index (Phi) is 1.57. The summed E-state index contributed by atoms with van der Waals surface area (Å²) in [4.78, 5) is 8.39. The number of aromatic nitrogens is 2. The van der Waals surface area contributed by atoms with Crippen LogP contribution in [0, 0.1) is 13.8 Å². The fourth-order valence-corrected chi connectivity index (χ4v) is 1.85. The van der Waals surface area contributed by atoms with Crippen molar-refractivity contribution in [2.24, 2.45) is 0 Å². The van der Waals surface area contributed by atoms with Crippen LogP contribution in [0.4, 0.5) is 0 Å². The lowest BCUT2D eigenvalue weighted by atomic mass is 10.1. The van der Waals surface area contributed by atoms with Crippen LogP contribution < -0.4 is 0 Å². The molecule has 0 radical (unpaired) electrons. The van der Waals surface area contributed by atoms with Gasteiger partial charge in [-0.25, -0.2) is 9.97 Å². The summed E-state index contributed by atoms with van der Waals surface area (Å²) in [5.41, 5.74) is 4.62. The number of fused-ring (bicyclic) bond motifs is 3. The average molecular weight is 198 g/mol. The molecule has 74 valence electrons. The Hall–Kier alpha value is -1.90. The Bertz CT molecular complexity index is 599. The number of furan rings is 1. The molecule has 3 nitrogen and oxygen atoms in total. The van der Waals surface area contributed by atoms with E-state index in [0.29, 0.717) is 0 Å². The standard InChI is InChI=1S/C12H10N2O/c1-7-4-3-5-9-10-12(15-11(7)9)8(2)13-6-14-10/h3-6H,1-2H3. The van der Waals surface area contributed by atoms with Gasteiger partial charge in [0, 0.05) is 5.39 Å². The van der Waals surface area contributed by atoms with Crippen molar-refractivity contribution in [2.75, 3.05) is 0 Å². The Balaban J connectivity index is 2.63. The van der Waals surface area contributed by atoms with Gasteiger partial charge < -0.3 is 4.42 Å². The number of nitrogens with zero attached hydrogens (tertiary/aromatic N) is 2. The van der Waals surface area contributed by atoms with Crippen molar-refractivity contribution < 1.29 is 4.42 Å². The van der Waals surface area contributed by atoms with Gasteiger partial charge in [0.25, 0.3) is 0 Å². The van der Waals surface area contributed by atoms with E-state index in [4.69, 9.17) is 4.42 Å². The average Bonchev–Trinajstić information content (AvgIpc) is 2.60. The summed E-state index contributed by atoms with van der Waals surface area (Å²) in [6.07, 6.45) is 1.58. The monoisotopic (exact) mass is 198 g/mol. The van der Waals surface area contributed by atoms with Gasteiger partial charge in [0.1, 0.15) is 17.4 Å². The molecule has 0 atom stereocenters. The number of benzene rings is 1. The van der Waals surface area contributed by atoms with Crippen molar-refractivity contribution in [3.05, 3.63) is 35.8 Å². The van der Waals surface area contributed by atoms with E-state index >= 15 is 0 Å². The van der Waals surface area contributed by atoms with E-state index in [2.05, 4.69) is 9.97 Å². The second-order valence-corrected chi connectivity index (χ2v) is 3.69. The summed E-state index contributed by atoms with van der Waals surface area (Å²) in [5, 5.41) is 1.07. The van der Waals surface area contributed by atoms with Gasteiger partial charge in [0.2, 0.25) is 0 Å². The van der Waals surface area contributed by atoms with Crippen LogP contribution in [0.1, 0.15) is 11.3 Å². The quantitative estimate of drug-likeness (QED) is 0.557. The van der Waals surface area contributed by atoms with Crippen molar-refractivity contribution in [1.29, 1.82) is 0 Å². The van der Waals surface area contributed by atoms with Gasteiger partial charge in [-0.05, 0) is 25.5 Å². The van der Waals surface area contributed by atoms with Crippen molar-refractivity contribution in [1.82, 2.24) is 9.97 Å². The summed E-state index contributed by atoms with van der Waals surface area (Å²) in [7, 11) is 0. The molecule has 0 bridgehead atoms. The molecule has 0 saturated carbocycles. The molecule has 2 aromatic heterocycles. The lowest BCUT2D eigenvalue weighted by Crippen LogP contribution is -1.82. The van der Waals surface area contributed by atoms with E-state index in [1.165, 1.54) is 0 Å². The van der Waals surface area contributed by atoms with Crippen LogP contribution in [0.25, 0.3) is 22.1 Å². The molecular formula is C12H10N2O. The maximum atomic E-state index is 5.79. The highest BCUT2D eigenvalue weighted by atomic mass is 16.3. The van der Waals surface area contributed by atoms with Crippen molar-refractivity contribution in [3.63, 3.8) is 0 Å². The summed E-state index contributed by atoms with van der Waals surface area (Å²) < 4.78 is 5.79. The summed E-state index contributed by atoms with van der Waals surface area (Å²) in [6, 6.07) is 6.08. The Morgan fingerprint density at radius 3 is 2.80 bits per heavy atom. The maximum absolute atomic E-state index is 5.79. The molecule has 0 amide bonds. The predicted molar refractivity (Wildman–Crippen MR) is 58.8 cm³/mol. The van der Waals surface area contributed by atoms with Crippen LogP contribution in [0.3, 0.4) is 0 Å². The van der Waals surface area contributed by atoms with Crippen molar-refractivity contribution >= 4 is 22.1 Å². The molecule has 0 aliphatic heterocycles. The normalized spacial score (nSPS) is 11.3. The predicted octanol–water partition coefficient (Wildman–Crippen LogP) is 2.99. The molecule has 0 N–H and O–H groups in total.